The summed E-state index contributed by atoms with van der Waals surface area (Å²) >= 11 is 0. The molecular formula is C27H42N2O5. The summed E-state index contributed by atoms with van der Waals surface area (Å²) in [5.41, 5.74) is 2.60. The Hall–Kier alpha value is -1.89. The maximum Gasteiger partial charge on any atom is 0.326 e. The number of hydrogen-bond acceptors (Lipinski definition) is 5. The maximum atomic E-state index is 12.2. The molecule has 3 N–H and O–H groups in total. The van der Waals surface area contributed by atoms with Gasteiger partial charge in [-0.1, -0.05) is 38.4 Å². The number of carboxylic acid groups (broad SMARTS) is 1. The Morgan fingerprint density at radius 1 is 1.15 bits per heavy atom. The normalized spacial score (nSPS) is 39.0. The molecule has 3 fully saturated rings. The molecule has 190 valence electrons. The van der Waals surface area contributed by atoms with E-state index >= 15 is 0 Å². The van der Waals surface area contributed by atoms with Gasteiger partial charge in [0.2, 0.25) is 0 Å². The van der Waals surface area contributed by atoms with Gasteiger partial charge in [0.05, 0.1) is 11.8 Å². The van der Waals surface area contributed by atoms with Crippen LogP contribution in [0.1, 0.15) is 85.5 Å². The van der Waals surface area contributed by atoms with Gasteiger partial charge in [0.1, 0.15) is 6.04 Å². The molecule has 0 aromatic rings. The van der Waals surface area contributed by atoms with Gasteiger partial charge in [0.15, 0.2) is 6.61 Å². The number of carbonyl (C=O) groups excluding carboxylic acids is 1. The van der Waals surface area contributed by atoms with Crippen molar-refractivity contribution < 1.29 is 24.6 Å². The van der Waals surface area contributed by atoms with Gasteiger partial charge in [-0.05, 0) is 98.4 Å². The molecule has 0 bridgehead atoms. The third-order valence-electron chi connectivity index (χ3n) is 9.65. The smallest absolute Gasteiger partial charge is 0.326 e. The fraction of sp³-hybridized carbons (Fsp3) is 0.815. The number of aliphatic carboxylic acids is 1. The topological polar surface area (TPSA) is 108 Å². The van der Waals surface area contributed by atoms with E-state index in [-0.39, 0.29) is 29.5 Å². The Labute approximate surface area is 203 Å². The van der Waals surface area contributed by atoms with Gasteiger partial charge in [-0.15, -0.1) is 0 Å². The lowest BCUT2D eigenvalue weighted by atomic mass is 9.47. The number of rotatable bonds is 7. The van der Waals surface area contributed by atoms with E-state index in [1.807, 2.05) is 13.8 Å². The molecule has 0 aromatic carbocycles. The Morgan fingerprint density at radius 3 is 2.62 bits per heavy atom. The van der Waals surface area contributed by atoms with Gasteiger partial charge in [-0.25, -0.2) is 4.79 Å². The third-order valence-corrected chi connectivity index (χ3v) is 9.65. The molecule has 0 saturated heterocycles. The van der Waals surface area contributed by atoms with Crippen LogP contribution in [0.4, 0.5) is 0 Å². The van der Waals surface area contributed by atoms with Crippen LogP contribution in [0.25, 0.3) is 0 Å². The second-order valence-electron chi connectivity index (χ2n) is 12.1. The number of hydrogen-bond donors (Lipinski definition) is 3. The molecule has 7 heteroatoms. The molecule has 1 amide bonds. The van der Waals surface area contributed by atoms with Crippen molar-refractivity contribution in [1.29, 1.82) is 0 Å². The highest BCUT2D eigenvalue weighted by Gasteiger charge is 2.58. The van der Waals surface area contributed by atoms with Crippen LogP contribution >= 0.6 is 0 Å². The number of fused-ring (bicyclic) bond motifs is 5. The summed E-state index contributed by atoms with van der Waals surface area (Å²) in [6, 6.07) is -0.908. The largest absolute Gasteiger partial charge is 0.480 e. The second kappa shape index (κ2) is 9.63. The zero-order valence-corrected chi connectivity index (χ0v) is 21.2. The Balaban J connectivity index is 1.37. The van der Waals surface area contributed by atoms with Crippen molar-refractivity contribution in [3.8, 4) is 0 Å². The minimum atomic E-state index is -1.03. The molecule has 0 unspecified atom stereocenters. The SMILES string of the molecule is CC(C)C[C@@H](NC(=O)CO/N=C1/C=C2CC[C@H]3[C@H]4CC[C@H](O)[C@@]4(C)CC[C@@H]3[C@@]2(C)CC1)C(=O)O. The highest BCUT2D eigenvalue weighted by molar-refractivity contribution is 5.96. The fourth-order valence-electron chi connectivity index (χ4n) is 7.72. The summed E-state index contributed by atoms with van der Waals surface area (Å²) in [7, 11) is 0. The Kier molecular flexibility index (Phi) is 7.14. The zero-order chi connectivity index (χ0) is 24.7. The predicted molar refractivity (Wildman–Crippen MR) is 130 cm³/mol. The number of aliphatic hydroxyl groups excluding tert-OH is 1. The Morgan fingerprint density at radius 2 is 1.91 bits per heavy atom. The van der Waals surface area contributed by atoms with Crippen LogP contribution in [-0.2, 0) is 14.4 Å². The molecule has 0 heterocycles. The predicted octanol–water partition coefficient (Wildman–Crippen LogP) is 4.30. The fourth-order valence-corrected chi connectivity index (χ4v) is 7.72. The van der Waals surface area contributed by atoms with Crippen molar-refractivity contribution in [2.75, 3.05) is 6.61 Å². The molecule has 3 saturated carbocycles. The van der Waals surface area contributed by atoms with Crippen LogP contribution in [0.3, 0.4) is 0 Å². The van der Waals surface area contributed by atoms with E-state index in [1.165, 1.54) is 18.4 Å². The average molecular weight is 475 g/mol. The van der Waals surface area contributed by atoms with Crippen LogP contribution in [-0.4, -0.2) is 46.6 Å². The van der Waals surface area contributed by atoms with Crippen LogP contribution in [0.5, 0.6) is 0 Å². The average Bonchev–Trinajstić information content (AvgIpc) is 3.07. The van der Waals surface area contributed by atoms with Crippen molar-refractivity contribution in [3.63, 3.8) is 0 Å². The molecule has 7 atom stereocenters. The van der Waals surface area contributed by atoms with Crippen LogP contribution in [0.15, 0.2) is 16.8 Å². The van der Waals surface area contributed by atoms with E-state index in [0.29, 0.717) is 24.2 Å². The first-order chi connectivity index (χ1) is 16.0. The van der Waals surface area contributed by atoms with Crippen molar-refractivity contribution in [1.82, 2.24) is 5.32 Å². The van der Waals surface area contributed by atoms with Crippen LogP contribution < -0.4 is 5.32 Å². The lowest BCUT2D eigenvalue weighted by Gasteiger charge is -2.57. The quantitative estimate of drug-likeness (QED) is 0.477. The summed E-state index contributed by atoms with van der Waals surface area (Å²) in [5, 5.41) is 26.7. The minimum absolute atomic E-state index is 0.100. The number of nitrogens with one attached hydrogen (secondary N) is 1. The monoisotopic (exact) mass is 474 g/mol. The van der Waals surface area contributed by atoms with E-state index in [9.17, 15) is 19.8 Å². The summed E-state index contributed by atoms with van der Waals surface area (Å²) in [6.45, 7) is 8.31. The first kappa shape index (κ1) is 25.2. The summed E-state index contributed by atoms with van der Waals surface area (Å²) in [5.74, 6) is 0.674. The lowest BCUT2D eigenvalue weighted by Crippen LogP contribution is -2.51. The van der Waals surface area contributed by atoms with E-state index in [2.05, 4.69) is 30.4 Å². The number of carbonyl (C=O) groups is 2. The molecule has 4 aliphatic rings. The number of carboxylic acids is 1. The summed E-state index contributed by atoms with van der Waals surface area (Å²) in [6.07, 6.45) is 11.0. The minimum Gasteiger partial charge on any atom is -0.480 e. The third kappa shape index (κ3) is 4.65. The van der Waals surface area contributed by atoms with Gasteiger partial charge >= 0.3 is 5.97 Å². The summed E-state index contributed by atoms with van der Waals surface area (Å²) in [4.78, 5) is 28.8. The molecule has 4 rings (SSSR count). The second-order valence-corrected chi connectivity index (χ2v) is 12.1. The first-order valence-electron chi connectivity index (χ1n) is 13.1. The molecule has 0 aliphatic heterocycles. The van der Waals surface area contributed by atoms with Gasteiger partial charge in [-0.3, -0.25) is 4.79 Å². The maximum absolute atomic E-state index is 12.2. The van der Waals surface area contributed by atoms with Crippen molar-refractivity contribution >= 4 is 17.6 Å². The summed E-state index contributed by atoms with van der Waals surface area (Å²) < 4.78 is 0. The van der Waals surface area contributed by atoms with Crippen LogP contribution in [0.2, 0.25) is 0 Å². The van der Waals surface area contributed by atoms with Crippen molar-refractivity contribution in [3.05, 3.63) is 11.6 Å². The van der Waals surface area contributed by atoms with E-state index in [0.717, 1.165) is 44.2 Å². The molecule has 0 spiro atoms. The van der Waals surface area contributed by atoms with Crippen LogP contribution in [0, 0.1) is 34.5 Å². The van der Waals surface area contributed by atoms with Gasteiger partial charge < -0.3 is 20.4 Å². The first-order valence-corrected chi connectivity index (χ1v) is 13.1. The lowest BCUT2D eigenvalue weighted by molar-refractivity contribution is -0.143. The number of oxime groups is 1. The van der Waals surface area contributed by atoms with Gasteiger partial charge in [0.25, 0.3) is 5.91 Å². The van der Waals surface area contributed by atoms with Crippen molar-refractivity contribution in [2.24, 2.45) is 39.7 Å². The molecular weight excluding hydrogens is 432 g/mol. The highest BCUT2D eigenvalue weighted by Crippen LogP contribution is 2.65. The standard InChI is InChI=1S/C27H42N2O5/c1-16(2)13-22(25(32)33)28-24(31)15-34-29-18-9-11-26(3)17(14-18)5-6-19-20-7-8-23(30)27(20,4)12-10-21(19)26/h14,16,19-23,30H,5-13,15H2,1-4H3,(H,28,31)(H,32,33)/b29-18+/t19-,20+,21-,22+,23-,26-,27-/m0/s1. The van der Waals surface area contributed by atoms with Crippen molar-refractivity contribution in [2.45, 2.75) is 97.6 Å². The molecule has 0 aromatic heterocycles. The van der Waals surface area contributed by atoms with E-state index in [4.69, 9.17) is 4.84 Å². The van der Waals surface area contributed by atoms with E-state index in [1.54, 1.807) is 0 Å². The molecule has 4 aliphatic carbocycles. The molecule has 7 nitrogen and oxygen atoms in total. The molecule has 0 radical (unpaired) electrons. The molecule has 34 heavy (non-hydrogen) atoms. The van der Waals surface area contributed by atoms with E-state index < -0.39 is 17.9 Å². The number of nitrogens with zero attached hydrogens (tertiary/aromatic N) is 1. The van der Waals surface area contributed by atoms with Gasteiger partial charge in [0, 0.05) is 0 Å². The van der Waals surface area contributed by atoms with Gasteiger partial charge in [-0.2, -0.15) is 0 Å². The number of allylic oxidation sites excluding steroid dienone is 2. The number of amides is 1. The highest BCUT2D eigenvalue weighted by atomic mass is 16.6. The number of aliphatic hydroxyl groups is 1. The zero-order valence-electron chi connectivity index (χ0n) is 21.2. The Bertz CT molecular complexity index is 867.